The maximum Gasteiger partial charge on any atom is 0.408 e. The Balaban J connectivity index is 1.47. The maximum atomic E-state index is 13.1. The van der Waals surface area contributed by atoms with E-state index >= 15 is 0 Å². The number of alkyl carbamates (subject to hydrolysis) is 1. The Kier molecular flexibility index (Phi) is 6.85. The van der Waals surface area contributed by atoms with Crippen LogP contribution in [0.2, 0.25) is 0 Å². The van der Waals surface area contributed by atoms with Gasteiger partial charge < -0.3 is 30.3 Å². The number of aliphatic hydroxyl groups excluding tert-OH is 1. The summed E-state index contributed by atoms with van der Waals surface area (Å²) in [5.74, 6) is -2.20. The summed E-state index contributed by atoms with van der Waals surface area (Å²) in [5, 5.41) is 24.0. The third-order valence-electron chi connectivity index (χ3n) is 6.50. The van der Waals surface area contributed by atoms with Crippen molar-refractivity contribution in [3.8, 4) is 11.1 Å². The molecule has 9 nitrogen and oxygen atoms in total. The molecule has 0 saturated carbocycles. The topological polar surface area (TPSA) is 134 Å². The van der Waals surface area contributed by atoms with Crippen molar-refractivity contribution in [2.45, 2.75) is 43.4 Å². The van der Waals surface area contributed by atoms with E-state index in [0.29, 0.717) is 0 Å². The van der Waals surface area contributed by atoms with Crippen molar-refractivity contribution < 1.29 is 34.1 Å². The second-order valence-corrected chi connectivity index (χ2v) is 8.68. The van der Waals surface area contributed by atoms with Gasteiger partial charge in [-0.15, -0.1) is 0 Å². The Labute approximate surface area is 197 Å². The van der Waals surface area contributed by atoms with E-state index in [2.05, 4.69) is 10.6 Å². The fraction of sp³-hybridized carbons (Fsp3) is 0.400. The molecular weight excluding hydrogens is 440 g/mol. The SMILES string of the molecule is C[C@@H](O)[C@H](NC(=O)C1(NC(=O)OCC2c3ccccc3-c3ccccc32)CCOCC1)C(=O)O. The summed E-state index contributed by atoms with van der Waals surface area (Å²) in [6, 6.07) is 14.4. The Bertz CT molecular complexity index is 1030. The third kappa shape index (κ3) is 4.62. The number of benzene rings is 2. The highest BCUT2D eigenvalue weighted by Gasteiger charge is 2.44. The molecule has 0 spiro atoms. The smallest absolute Gasteiger partial charge is 0.408 e. The number of carboxylic acids is 1. The molecule has 0 bridgehead atoms. The molecule has 1 aliphatic heterocycles. The lowest BCUT2D eigenvalue weighted by molar-refractivity contribution is -0.146. The number of nitrogens with one attached hydrogen (secondary N) is 2. The highest BCUT2D eigenvalue weighted by molar-refractivity contribution is 5.93. The second-order valence-electron chi connectivity index (χ2n) is 8.68. The van der Waals surface area contributed by atoms with Crippen LogP contribution in [0.15, 0.2) is 48.5 Å². The first-order valence-electron chi connectivity index (χ1n) is 11.2. The van der Waals surface area contributed by atoms with Crippen molar-refractivity contribution in [2.75, 3.05) is 19.8 Å². The van der Waals surface area contributed by atoms with Gasteiger partial charge in [0.15, 0.2) is 6.04 Å². The number of amides is 2. The molecule has 2 aromatic carbocycles. The van der Waals surface area contributed by atoms with Gasteiger partial charge in [-0.1, -0.05) is 48.5 Å². The van der Waals surface area contributed by atoms with Crippen LogP contribution in [0.5, 0.6) is 0 Å². The lowest BCUT2D eigenvalue weighted by atomic mass is 9.88. The summed E-state index contributed by atoms with van der Waals surface area (Å²) >= 11 is 0. The van der Waals surface area contributed by atoms with Gasteiger partial charge in [0.25, 0.3) is 0 Å². The largest absolute Gasteiger partial charge is 0.480 e. The first-order chi connectivity index (χ1) is 16.3. The van der Waals surface area contributed by atoms with E-state index in [1.807, 2.05) is 48.5 Å². The molecule has 0 unspecified atom stereocenters. The first kappa shape index (κ1) is 23.7. The number of hydrogen-bond acceptors (Lipinski definition) is 6. The van der Waals surface area contributed by atoms with Crippen LogP contribution in [0.4, 0.5) is 4.79 Å². The molecule has 9 heteroatoms. The zero-order chi connectivity index (χ0) is 24.3. The molecule has 1 fully saturated rings. The highest BCUT2D eigenvalue weighted by Crippen LogP contribution is 2.44. The van der Waals surface area contributed by atoms with Crippen LogP contribution >= 0.6 is 0 Å². The van der Waals surface area contributed by atoms with Gasteiger partial charge in [-0.25, -0.2) is 9.59 Å². The Morgan fingerprint density at radius 1 is 1.06 bits per heavy atom. The van der Waals surface area contributed by atoms with Crippen molar-refractivity contribution >= 4 is 18.0 Å². The first-order valence-corrected chi connectivity index (χ1v) is 11.2. The summed E-state index contributed by atoms with van der Waals surface area (Å²) in [4.78, 5) is 37.3. The minimum atomic E-state index is -1.50. The number of aliphatic carboxylic acids is 1. The van der Waals surface area contributed by atoms with Crippen LogP contribution in [-0.2, 0) is 19.1 Å². The van der Waals surface area contributed by atoms with Crippen molar-refractivity contribution in [1.29, 1.82) is 0 Å². The van der Waals surface area contributed by atoms with Crippen LogP contribution in [0.3, 0.4) is 0 Å². The predicted octanol–water partition coefficient (Wildman–Crippen LogP) is 2.02. The van der Waals surface area contributed by atoms with Gasteiger partial charge in [0.2, 0.25) is 5.91 Å². The average molecular weight is 469 g/mol. The third-order valence-corrected chi connectivity index (χ3v) is 6.50. The molecule has 0 radical (unpaired) electrons. The van der Waals surface area contributed by atoms with Gasteiger partial charge in [0, 0.05) is 32.0 Å². The van der Waals surface area contributed by atoms with E-state index in [-0.39, 0.29) is 38.6 Å². The lowest BCUT2D eigenvalue weighted by Gasteiger charge is -2.37. The molecule has 2 aliphatic rings. The standard InChI is InChI=1S/C25H28N2O7/c1-15(28)21(22(29)30)26-23(31)25(10-12-33-13-11-25)27-24(32)34-14-20-18-8-4-2-6-16(18)17-7-3-5-9-19(17)20/h2-9,15,20-21,28H,10-14H2,1H3,(H,26,31)(H,27,32)(H,29,30)/t15-,21+/m1/s1. The van der Waals surface area contributed by atoms with E-state index in [1.165, 1.54) is 6.92 Å². The minimum absolute atomic E-state index is 0.0828. The molecule has 0 aromatic heterocycles. The minimum Gasteiger partial charge on any atom is -0.480 e. The number of carbonyl (C=O) groups is 3. The molecule has 34 heavy (non-hydrogen) atoms. The van der Waals surface area contributed by atoms with Gasteiger partial charge in [0.05, 0.1) is 6.10 Å². The van der Waals surface area contributed by atoms with Crippen LogP contribution < -0.4 is 10.6 Å². The average Bonchev–Trinajstić information content (AvgIpc) is 3.15. The van der Waals surface area contributed by atoms with Gasteiger partial charge >= 0.3 is 12.1 Å². The van der Waals surface area contributed by atoms with Crippen LogP contribution in [-0.4, -0.2) is 65.7 Å². The number of aliphatic hydroxyl groups is 1. The predicted molar refractivity (Wildman–Crippen MR) is 122 cm³/mol. The fourth-order valence-electron chi connectivity index (χ4n) is 4.63. The van der Waals surface area contributed by atoms with Gasteiger partial charge in [-0.05, 0) is 29.2 Å². The fourth-order valence-corrected chi connectivity index (χ4v) is 4.63. The maximum absolute atomic E-state index is 13.1. The number of fused-ring (bicyclic) bond motifs is 3. The molecule has 4 rings (SSSR count). The normalized spacial score (nSPS) is 18.2. The summed E-state index contributed by atoms with van der Waals surface area (Å²) in [5.41, 5.74) is 2.94. The Morgan fingerprint density at radius 3 is 2.15 bits per heavy atom. The Hall–Kier alpha value is -3.43. The van der Waals surface area contributed by atoms with E-state index in [4.69, 9.17) is 9.47 Å². The van der Waals surface area contributed by atoms with Crippen LogP contribution in [0.1, 0.15) is 36.8 Å². The van der Waals surface area contributed by atoms with Crippen molar-refractivity contribution in [3.05, 3.63) is 59.7 Å². The van der Waals surface area contributed by atoms with Crippen molar-refractivity contribution in [2.24, 2.45) is 0 Å². The molecule has 2 aromatic rings. The highest BCUT2D eigenvalue weighted by atomic mass is 16.5. The van der Waals surface area contributed by atoms with E-state index < -0.39 is 35.7 Å². The number of carboxylic acid groups (broad SMARTS) is 1. The second kappa shape index (κ2) is 9.82. The molecule has 180 valence electrons. The number of rotatable bonds is 7. The van der Waals surface area contributed by atoms with Crippen LogP contribution in [0, 0.1) is 0 Å². The summed E-state index contributed by atoms with van der Waals surface area (Å²) in [6.07, 6.45) is -1.79. The lowest BCUT2D eigenvalue weighted by Crippen LogP contribution is -2.64. The van der Waals surface area contributed by atoms with Gasteiger partial charge in [-0.3, -0.25) is 4.79 Å². The molecule has 1 saturated heterocycles. The van der Waals surface area contributed by atoms with E-state index in [0.717, 1.165) is 22.3 Å². The van der Waals surface area contributed by atoms with Crippen molar-refractivity contribution in [1.82, 2.24) is 10.6 Å². The zero-order valence-corrected chi connectivity index (χ0v) is 18.8. The number of hydrogen-bond donors (Lipinski definition) is 4. The molecule has 4 N–H and O–H groups in total. The van der Waals surface area contributed by atoms with E-state index in [1.54, 1.807) is 0 Å². The molecular formula is C25H28N2O7. The molecule has 2 atom stereocenters. The number of ether oxygens (including phenoxy) is 2. The van der Waals surface area contributed by atoms with Crippen molar-refractivity contribution in [3.63, 3.8) is 0 Å². The van der Waals surface area contributed by atoms with E-state index in [9.17, 15) is 24.6 Å². The van der Waals surface area contributed by atoms with Gasteiger partial charge in [-0.2, -0.15) is 0 Å². The zero-order valence-electron chi connectivity index (χ0n) is 18.8. The Morgan fingerprint density at radius 2 is 1.62 bits per heavy atom. The molecule has 1 aliphatic carbocycles. The molecule has 2 amide bonds. The quantitative estimate of drug-likeness (QED) is 0.488. The van der Waals surface area contributed by atoms with Crippen LogP contribution in [0.25, 0.3) is 11.1 Å². The monoisotopic (exact) mass is 468 g/mol. The summed E-state index contributed by atoms with van der Waals surface area (Å²) < 4.78 is 10.9. The van der Waals surface area contributed by atoms with Gasteiger partial charge in [0.1, 0.15) is 12.1 Å². The summed E-state index contributed by atoms with van der Waals surface area (Å²) in [6.45, 7) is 1.78. The number of carbonyl (C=O) groups excluding carboxylic acids is 2. The summed E-state index contributed by atoms with van der Waals surface area (Å²) in [7, 11) is 0. The molecule has 1 heterocycles.